The van der Waals surface area contributed by atoms with Crippen molar-refractivity contribution >= 4 is 5.97 Å². The Morgan fingerprint density at radius 3 is 3.00 bits per heavy atom. The van der Waals surface area contributed by atoms with E-state index in [1.54, 1.807) is 0 Å². The maximum absolute atomic E-state index is 11.3. The van der Waals surface area contributed by atoms with E-state index in [9.17, 15) is 9.90 Å². The fourth-order valence-electron chi connectivity index (χ4n) is 3.36. The monoisotopic (exact) mass is 263 g/mol. The van der Waals surface area contributed by atoms with Crippen molar-refractivity contribution in [1.82, 2.24) is 14.5 Å². The zero-order chi connectivity index (χ0) is 13.4. The van der Waals surface area contributed by atoms with Crippen molar-refractivity contribution in [3.8, 4) is 0 Å². The van der Waals surface area contributed by atoms with Crippen molar-refractivity contribution in [2.24, 2.45) is 5.92 Å². The Balaban J connectivity index is 1.76. The number of hydrogen-bond donors (Lipinski definition) is 1. The first kappa shape index (κ1) is 12.7. The lowest BCUT2D eigenvalue weighted by Gasteiger charge is -2.19. The summed E-state index contributed by atoms with van der Waals surface area (Å²) in [6.45, 7) is 3.21. The molecular weight excluding hydrogens is 242 g/mol. The van der Waals surface area contributed by atoms with E-state index >= 15 is 0 Å². The van der Waals surface area contributed by atoms with Crippen molar-refractivity contribution < 1.29 is 9.90 Å². The van der Waals surface area contributed by atoms with Crippen LogP contribution in [0.4, 0.5) is 0 Å². The zero-order valence-electron chi connectivity index (χ0n) is 11.4. The van der Waals surface area contributed by atoms with Gasteiger partial charge in [0.25, 0.3) is 0 Å². The fraction of sp³-hybridized carbons (Fsp3) is 0.714. The van der Waals surface area contributed by atoms with Crippen molar-refractivity contribution in [1.29, 1.82) is 0 Å². The number of hydrogen-bond acceptors (Lipinski definition) is 3. The van der Waals surface area contributed by atoms with Crippen LogP contribution in [0.1, 0.15) is 36.7 Å². The molecule has 0 aliphatic carbocycles. The number of fused-ring (bicyclic) bond motifs is 1. The van der Waals surface area contributed by atoms with Gasteiger partial charge in [-0.05, 0) is 45.2 Å². The molecule has 1 aromatic heterocycles. The van der Waals surface area contributed by atoms with Crippen LogP contribution in [0.5, 0.6) is 0 Å². The van der Waals surface area contributed by atoms with Gasteiger partial charge in [-0.2, -0.15) is 0 Å². The quantitative estimate of drug-likeness (QED) is 0.894. The van der Waals surface area contributed by atoms with Gasteiger partial charge in [0.05, 0.1) is 5.69 Å². The first-order valence-electron chi connectivity index (χ1n) is 7.11. The number of likely N-dealkylation sites (tertiary alicyclic amines) is 1. The van der Waals surface area contributed by atoms with Gasteiger partial charge in [-0.1, -0.05) is 0 Å². The summed E-state index contributed by atoms with van der Waals surface area (Å²) in [6.07, 6.45) is 5.93. The van der Waals surface area contributed by atoms with Gasteiger partial charge < -0.3 is 14.6 Å². The molecule has 2 unspecified atom stereocenters. The summed E-state index contributed by atoms with van der Waals surface area (Å²) in [6, 6.07) is 0. The molecule has 0 saturated carbocycles. The highest BCUT2D eigenvalue weighted by atomic mass is 16.4. The van der Waals surface area contributed by atoms with E-state index in [0.717, 1.165) is 50.4 Å². The van der Waals surface area contributed by atoms with Gasteiger partial charge in [-0.15, -0.1) is 0 Å². The summed E-state index contributed by atoms with van der Waals surface area (Å²) in [5, 5.41) is 9.25. The molecule has 0 spiro atoms. The molecule has 19 heavy (non-hydrogen) atoms. The molecular formula is C14H21N3O2. The molecule has 0 radical (unpaired) electrons. The van der Waals surface area contributed by atoms with Crippen molar-refractivity contribution in [2.45, 2.75) is 38.1 Å². The number of carbonyl (C=O) groups is 1. The maximum atomic E-state index is 11.3. The maximum Gasteiger partial charge on any atom is 0.314 e. The van der Waals surface area contributed by atoms with Gasteiger partial charge in [-0.3, -0.25) is 4.79 Å². The summed E-state index contributed by atoms with van der Waals surface area (Å²) < 4.78 is 2.05. The number of aromatic nitrogens is 2. The molecule has 0 bridgehead atoms. The summed E-state index contributed by atoms with van der Waals surface area (Å²) in [5.74, 6) is 0.290. The van der Waals surface area contributed by atoms with Crippen LogP contribution in [0.15, 0.2) is 6.20 Å². The number of aliphatic carboxylic acids is 1. The molecule has 2 aliphatic rings. The fourth-order valence-corrected chi connectivity index (χ4v) is 3.36. The van der Waals surface area contributed by atoms with E-state index < -0.39 is 11.9 Å². The van der Waals surface area contributed by atoms with Gasteiger partial charge >= 0.3 is 5.97 Å². The zero-order valence-corrected chi connectivity index (χ0v) is 11.4. The van der Waals surface area contributed by atoms with E-state index in [-0.39, 0.29) is 0 Å². The predicted molar refractivity (Wildman–Crippen MR) is 71.1 cm³/mol. The lowest BCUT2D eigenvalue weighted by molar-refractivity contribution is -0.139. The van der Waals surface area contributed by atoms with Crippen molar-refractivity contribution in [2.75, 3.05) is 20.1 Å². The third-order valence-corrected chi connectivity index (χ3v) is 4.35. The van der Waals surface area contributed by atoms with Crippen LogP contribution >= 0.6 is 0 Å². The highest BCUT2D eigenvalue weighted by Gasteiger charge is 2.29. The molecule has 2 aliphatic heterocycles. The second-order valence-electron chi connectivity index (χ2n) is 5.94. The van der Waals surface area contributed by atoms with Crippen LogP contribution in [0, 0.1) is 5.92 Å². The largest absolute Gasteiger partial charge is 0.481 e. The molecule has 1 saturated heterocycles. The molecule has 1 aromatic rings. The van der Waals surface area contributed by atoms with Crippen molar-refractivity contribution in [3.05, 3.63) is 17.7 Å². The van der Waals surface area contributed by atoms with Gasteiger partial charge in [-0.25, -0.2) is 4.98 Å². The number of carboxylic acids is 1. The lowest BCUT2D eigenvalue weighted by atomic mass is 9.99. The van der Waals surface area contributed by atoms with Crippen molar-refractivity contribution in [3.63, 3.8) is 0 Å². The van der Waals surface area contributed by atoms with Gasteiger partial charge in [0, 0.05) is 19.3 Å². The molecule has 1 N–H and O–H groups in total. The molecule has 3 rings (SSSR count). The van der Waals surface area contributed by atoms with E-state index in [1.807, 2.05) is 0 Å². The molecule has 1 fully saturated rings. The molecule has 5 heteroatoms. The minimum absolute atomic E-state index is 0.409. The average molecular weight is 263 g/mol. The summed E-state index contributed by atoms with van der Waals surface area (Å²) in [5.41, 5.74) is 1.07. The van der Waals surface area contributed by atoms with Crippen LogP contribution in [-0.2, 0) is 17.8 Å². The second-order valence-corrected chi connectivity index (χ2v) is 5.94. The lowest BCUT2D eigenvalue weighted by Crippen LogP contribution is -2.22. The number of carboxylic acid groups (broad SMARTS) is 1. The Kier molecular flexibility index (Phi) is 3.31. The van der Waals surface area contributed by atoms with Crippen LogP contribution < -0.4 is 0 Å². The Morgan fingerprint density at radius 2 is 2.32 bits per heavy atom. The summed E-state index contributed by atoms with van der Waals surface area (Å²) in [7, 11) is 2.15. The Morgan fingerprint density at radius 1 is 1.47 bits per heavy atom. The minimum Gasteiger partial charge on any atom is -0.481 e. The van der Waals surface area contributed by atoms with E-state index in [0.29, 0.717) is 5.92 Å². The number of nitrogens with zero attached hydrogens (tertiary/aromatic N) is 3. The topological polar surface area (TPSA) is 58.4 Å². The Labute approximate surface area is 113 Å². The Bertz CT molecular complexity index is 483. The Hall–Kier alpha value is -1.36. The molecule has 2 atom stereocenters. The number of imidazole rings is 1. The number of aryl methyl sites for hydroxylation is 1. The molecule has 3 heterocycles. The summed E-state index contributed by atoms with van der Waals surface area (Å²) >= 11 is 0. The highest BCUT2D eigenvalue weighted by Crippen LogP contribution is 2.28. The molecule has 104 valence electrons. The van der Waals surface area contributed by atoms with Crippen LogP contribution in [-0.4, -0.2) is 45.7 Å². The summed E-state index contributed by atoms with van der Waals surface area (Å²) in [4.78, 5) is 18.2. The molecule has 5 nitrogen and oxygen atoms in total. The van der Waals surface area contributed by atoms with E-state index in [2.05, 4.69) is 27.7 Å². The van der Waals surface area contributed by atoms with E-state index in [4.69, 9.17) is 0 Å². The SMILES string of the molecule is CN1CCC(Cc2cn3c(n2)C(C(=O)O)CCC3)C1. The number of rotatable bonds is 3. The van der Waals surface area contributed by atoms with Gasteiger partial charge in [0.2, 0.25) is 0 Å². The predicted octanol–water partition coefficient (Wildman–Crippen LogP) is 1.34. The van der Waals surface area contributed by atoms with Gasteiger partial charge in [0.1, 0.15) is 11.7 Å². The standard InChI is InChI=1S/C14H21N3O2/c1-16-6-4-10(8-16)7-11-9-17-5-2-3-12(14(18)19)13(17)15-11/h9-10,12H,2-8H2,1H3,(H,18,19). The minimum atomic E-state index is -0.737. The average Bonchev–Trinajstić information content (AvgIpc) is 2.94. The first-order valence-corrected chi connectivity index (χ1v) is 7.11. The molecule has 0 amide bonds. The second kappa shape index (κ2) is 4.96. The normalized spacial score (nSPS) is 27.4. The first-order chi connectivity index (χ1) is 9.13. The van der Waals surface area contributed by atoms with Crippen LogP contribution in [0.3, 0.4) is 0 Å². The molecule has 0 aromatic carbocycles. The van der Waals surface area contributed by atoms with Crippen LogP contribution in [0.2, 0.25) is 0 Å². The smallest absolute Gasteiger partial charge is 0.314 e. The van der Waals surface area contributed by atoms with Gasteiger partial charge in [0.15, 0.2) is 0 Å². The van der Waals surface area contributed by atoms with Crippen LogP contribution in [0.25, 0.3) is 0 Å². The van der Waals surface area contributed by atoms with E-state index in [1.165, 1.54) is 6.42 Å². The third kappa shape index (κ3) is 2.52. The third-order valence-electron chi connectivity index (χ3n) is 4.35. The highest BCUT2D eigenvalue weighted by molar-refractivity contribution is 5.75.